The largest absolute Gasteiger partial charge is 0.356 e. The SMILES string of the molecule is CCC(N)Cc1cccnc1N1CCCCCCC1. The standard InChI is InChI=1S/C16H27N3/c1-2-15(17)13-14-9-8-10-18-16(14)19-11-6-4-3-5-7-12-19/h8-10,15H,2-7,11-13,17H2,1H3. The molecule has 1 aromatic rings. The minimum absolute atomic E-state index is 0.248. The molecule has 3 heteroatoms. The van der Waals surface area contributed by atoms with Crippen LogP contribution in [0.25, 0.3) is 0 Å². The summed E-state index contributed by atoms with van der Waals surface area (Å²) >= 11 is 0. The lowest BCUT2D eigenvalue weighted by molar-refractivity contribution is 0.551. The molecule has 2 heterocycles. The van der Waals surface area contributed by atoms with Gasteiger partial charge in [-0.05, 0) is 37.3 Å². The molecule has 1 aromatic heterocycles. The van der Waals surface area contributed by atoms with Crippen molar-refractivity contribution < 1.29 is 0 Å². The van der Waals surface area contributed by atoms with Gasteiger partial charge in [0, 0.05) is 25.3 Å². The van der Waals surface area contributed by atoms with Crippen molar-refractivity contribution in [1.29, 1.82) is 0 Å². The average Bonchev–Trinajstić information content (AvgIpc) is 2.39. The van der Waals surface area contributed by atoms with Gasteiger partial charge in [0.1, 0.15) is 5.82 Å². The maximum Gasteiger partial charge on any atom is 0.131 e. The van der Waals surface area contributed by atoms with Crippen LogP contribution in [0.5, 0.6) is 0 Å². The van der Waals surface area contributed by atoms with E-state index in [1.54, 1.807) is 0 Å². The summed E-state index contributed by atoms with van der Waals surface area (Å²) in [4.78, 5) is 7.10. The van der Waals surface area contributed by atoms with Gasteiger partial charge in [0.2, 0.25) is 0 Å². The molecule has 0 spiro atoms. The minimum atomic E-state index is 0.248. The lowest BCUT2D eigenvalue weighted by Gasteiger charge is -2.28. The molecule has 106 valence electrons. The van der Waals surface area contributed by atoms with Crippen molar-refractivity contribution in [3.05, 3.63) is 23.9 Å². The number of nitrogens with zero attached hydrogens (tertiary/aromatic N) is 2. The molecule has 2 rings (SSSR count). The van der Waals surface area contributed by atoms with Crippen molar-refractivity contribution in [1.82, 2.24) is 4.98 Å². The summed E-state index contributed by atoms with van der Waals surface area (Å²) in [5.74, 6) is 1.17. The molecule has 3 nitrogen and oxygen atoms in total. The van der Waals surface area contributed by atoms with Gasteiger partial charge in [-0.2, -0.15) is 0 Å². The van der Waals surface area contributed by atoms with E-state index in [-0.39, 0.29) is 6.04 Å². The molecule has 1 aliphatic rings. The molecule has 2 N–H and O–H groups in total. The van der Waals surface area contributed by atoms with Crippen molar-refractivity contribution in [3.8, 4) is 0 Å². The molecule has 1 unspecified atom stereocenters. The van der Waals surface area contributed by atoms with Gasteiger partial charge in [-0.15, -0.1) is 0 Å². The fourth-order valence-corrected chi connectivity index (χ4v) is 2.76. The van der Waals surface area contributed by atoms with Crippen LogP contribution in [0.4, 0.5) is 5.82 Å². The number of aromatic nitrogens is 1. The number of pyridine rings is 1. The van der Waals surface area contributed by atoms with Crippen LogP contribution in [0.2, 0.25) is 0 Å². The number of hydrogen-bond acceptors (Lipinski definition) is 3. The van der Waals surface area contributed by atoms with Crippen molar-refractivity contribution in [3.63, 3.8) is 0 Å². The van der Waals surface area contributed by atoms with E-state index >= 15 is 0 Å². The van der Waals surface area contributed by atoms with Crippen LogP contribution in [-0.2, 0) is 6.42 Å². The Hall–Kier alpha value is -1.09. The predicted molar refractivity (Wildman–Crippen MR) is 81.5 cm³/mol. The maximum atomic E-state index is 6.11. The Morgan fingerprint density at radius 3 is 2.58 bits per heavy atom. The summed E-state index contributed by atoms with van der Waals surface area (Å²) in [5.41, 5.74) is 7.43. The topological polar surface area (TPSA) is 42.1 Å². The highest BCUT2D eigenvalue weighted by molar-refractivity contribution is 5.47. The van der Waals surface area contributed by atoms with Crippen LogP contribution < -0.4 is 10.6 Å². The van der Waals surface area contributed by atoms with E-state index < -0.39 is 0 Å². The molecule has 19 heavy (non-hydrogen) atoms. The highest BCUT2D eigenvalue weighted by Crippen LogP contribution is 2.22. The molecule has 1 aliphatic heterocycles. The minimum Gasteiger partial charge on any atom is -0.356 e. The van der Waals surface area contributed by atoms with Crippen LogP contribution in [0.15, 0.2) is 18.3 Å². The Balaban J connectivity index is 2.12. The zero-order valence-corrected chi connectivity index (χ0v) is 12.1. The number of rotatable bonds is 4. The molecular formula is C16H27N3. The summed E-state index contributed by atoms with van der Waals surface area (Å²) in [7, 11) is 0. The van der Waals surface area contributed by atoms with Crippen molar-refractivity contribution in [2.24, 2.45) is 5.73 Å². The monoisotopic (exact) mass is 261 g/mol. The third kappa shape index (κ3) is 4.20. The normalized spacial score (nSPS) is 18.7. The van der Waals surface area contributed by atoms with Gasteiger partial charge in [-0.3, -0.25) is 0 Å². The van der Waals surface area contributed by atoms with Crippen LogP contribution in [0, 0.1) is 0 Å². The molecule has 0 amide bonds. The Kier molecular flexibility index (Phi) is 5.64. The van der Waals surface area contributed by atoms with Crippen LogP contribution in [0.1, 0.15) is 51.0 Å². The maximum absolute atomic E-state index is 6.11. The number of anilines is 1. The van der Waals surface area contributed by atoms with Gasteiger partial charge < -0.3 is 10.6 Å². The van der Waals surface area contributed by atoms with E-state index in [0.717, 1.165) is 25.9 Å². The van der Waals surface area contributed by atoms with Crippen LogP contribution in [-0.4, -0.2) is 24.1 Å². The molecule has 0 bridgehead atoms. The Labute approximate surface area is 117 Å². The first-order chi connectivity index (χ1) is 9.31. The highest BCUT2D eigenvalue weighted by atomic mass is 15.2. The zero-order chi connectivity index (χ0) is 13.5. The lowest BCUT2D eigenvalue weighted by Crippen LogP contribution is -2.30. The molecule has 1 saturated heterocycles. The summed E-state index contributed by atoms with van der Waals surface area (Å²) in [6, 6.07) is 4.47. The number of nitrogens with two attached hydrogens (primary N) is 1. The molecular weight excluding hydrogens is 234 g/mol. The molecule has 1 fully saturated rings. The third-order valence-electron chi connectivity index (χ3n) is 4.03. The smallest absolute Gasteiger partial charge is 0.131 e. The zero-order valence-electron chi connectivity index (χ0n) is 12.1. The molecule has 1 atom stereocenters. The summed E-state index contributed by atoms with van der Waals surface area (Å²) in [5, 5.41) is 0. The molecule has 0 aromatic carbocycles. The molecule has 0 aliphatic carbocycles. The second-order valence-corrected chi connectivity index (χ2v) is 5.61. The Bertz CT molecular complexity index is 370. The van der Waals surface area contributed by atoms with Crippen molar-refractivity contribution >= 4 is 5.82 Å². The van der Waals surface area contributed by atoms with Gasteiger partial charge >= 0.3 is 0 Å². The van der Waals surface area contributed by atoms with Gasteiger partial charge in [0.15, 0.2) is 0 Å². The number of hydrogen-bond donors (Lipinski definition) is 1. The molecule has 0 saturated carbocycles. The quantitative estimate of drug-likeness (QED) is 0.905. The van der Waals surface area contributed by atoms with Gasteiger partial charge in [0.05, 0.1) is 0 Å². The first-order valence-electron chi connectivity index (χ1n) is 7.75. The molecule has 0 radical (unpaired) electrons. The van der Waals surface area contributed by atoms with Crippen LogP contribution in [0.3, 0.4) is 0 Å². The fourth-order valence-electron chi connectivity index (χ4n) is 2.76. The third-order valence-corrected chi connectivity index (χ3v) is 4.03. The first kappa shape index (κ1) is 14.3. The van der Waals surface area contributed by atoms with E-state index in [1.165, 1.54) is 43.5 Å². The second kappa shape index (κ2) is 7.49. The van der Waals surface area contributed by atoms with Crippen molar-refractivity contribution in [2.75, 3.05) is 18.0 Å². The van der Waals surface area contributed by atoms with Crippen LogP contribution >= 0.6 is 0 Å². The summed E-state index contributed by atoms with van der Waals surface area (Å²) in [6.07, 6.45) is 10.6. The fraction of sp³-hybridized carbons (Fsp3) is 0.688. The second-order valence-electron chi connectivity index (χ2n) is 5.61. The van der Waals surface area contributed by atoms with E-state index in [9.17, 15) is 0 Å². The van der Waals surface area contributed by atoms with Gasteiger partial charge in [0.25, 0.3) is 0 Å². The summed E-state index contributed by atoms with van der Waals surface area (Å²) < 4.78 is 0. The first-order valence-corrected chi connectivity index (χ1v) is 7.75. The Morgan fingerprint density at radius 2 is 1.89 bits per heavy atom. The van der Waals surface area contributed by atoms with E-state index in [0.29, 0.717) is 0 Å². The van der Waals surface area contributed by atoms with Gasteiger partial charge in [-0.1, -0.05) is 32.3 Å². The summed E-state index contributed by atoms with van der Waals surface area (Å²) in [6.45, 7) is 4.44. The van der Waals surface area contributed by atoms with E-state index in [1.807, 2.05) is 12.3 Å². The average molecular weight is 261 g/mol. The highest BCUT2D eigenvalue weighted by Gasteiger charge is 2.15. The lowest BCUT2D eigenvalue weighted by atomic mass is 10.0. The predicted octanol–water partition coefficient (Wildman–Crippen LogP) is 3.13. The van der Waals surface area contributed by atoms with E-state index in [4.69, 9.17) is 5.73 Å². The van der Waals surface area contributed by atoms with Crippen molar-refractivity contribution in [2.45, 2.75) is 57.9 Å². The Morgan fingerprint density at radius 1 is 1.21 bits per heavy atom. The van der Waals surface area contributed by atoms with E-state index in [2.05, 4.69) is 22.9 Å². The van der Waals surface area contributed by atoms with Gasteiger partial charge in [-0.25, -0.2) is 4.98 Å².